The Morgan fingerprint density at radius 3 is 2.82 bits per heavy atom. The molecule has 90 valence electrons. The fourth-order valence-electron chi connectivity index (χ4n) is 1.53. The molecule has 0 saturated carbocycles. The number of benzene rings is 1. The van der Waals surface area contributed by atoms with Crippen LogP contribution in [0.5, 0.6) is 0 Å². The van der Waals surface area contributed by atoms with Crippen molar-refractivity contribution >= 4 is 33.0 Å². The van der Waals surface area contributed by atoms with Crippen LogP contribution in [0.1, 0.15) is 10.4 Å². The highest BCUT2D eigenvalue weighted by Crippen LogP contribution is 2.23. The molecule has 17 heavy (non-hydrogen) atoms. The Bertz CT molecular complexity index is 450. The maximum Gasteiger partial charge on any atom is 0.0748 e. The molecule has 2 N–H and O–H groups in total. The van der Waals surface area contributed by atoms with Crippen LogP contribution < -0.4 is 5.73 Å². The molecule has 1 aromatic heterocycles. The molecular weight excluding hydrogens is 298 g/mol. The molecule has 2 nitrogen and oxygen atoms in total. The average molecular weight is 312 g/mol. The van der Waals surface area contributed by atoms with Gasteiger partial charge < -0.3 is 10.5 Å². The topological polar surface area (TPSA) is 35.2 Å². The molecule has 2 aromatic rings. The predicted octanol–water partition coefficient (Wildman–Crippen LogP) is 3.85. The molecule has 1 aromatic carbocycles. The number of hydrogen-bond acceptors (Lipinski definition) is 3. The Morgan fingerprint density at radius 1 is 1.24 bits per heavy atom. The zero-order valence-corrected chi connectivity index (χ0v) is 11.8. The summed E-state index contributed by atoms with van der Waals surface area (Å²) >= 11 is 5.24. The fourth-order valence-corrected chi connectivity index (χ4v) is 2.72. The highest BCUT2D eigenvalue weighted by atomic mass is 79.9. The van der Waals surface area contributed by atoms with Gasteiger partial charge in [-0.25, -0.2) is 0 Å². The van der Waals surface area contributed by atoms with Gasteiger partial charge in [-0.2, -0.15) is 0 Å². The monoisotopic (exact) mass is 311 g/mol. The van der Waals surface area contributed by atoms with E-state index in [-0.39, 0.29) is 0 Å². The first-order valence-corrected chi connectivity index (χ1v) is 7.07. The minimum Gasteiger partial charge on any atom is -0.398 e. The van der Waals surface area contributed by atoms with Crippen LogP contribution in [0, 0.1) is 0 Å². The minimum absolute atomic E-state index is 0.554. The summed E-state index contributed by atoms with van der Waals surface area (Å²) in [5.41, 5.74) is 7.69. The van der Waals surface area contributed by atoms with E-state index >= 15 is 0 Å². The third-order valence-corrected chi connectivity index (χ3v) is 4.15. The van der Waals surface area contributed by atoms with Crippen LogP contribution in [0.2, 0.25) is 0 Å². The lowest BCUT2D eigenvalue weighted by Gasteiger charge is -2.08. The standard InChI is InChI=1S/C13H14BrNOS/c14-12-4-1-5-13(15)11(12)9-16-7-6-10-3-2-8-17-10/h1-5,8H,6-7,9,15H2. The van der Waals surface area contributed by atoms with Crippen molar-refractivity contribution in [2.75, 3.05) is 12.3 Å². The Morgan fingerprint density at radius 2 is 2.12 bits per heavy atom. The summed E-state index contributed by atoms with van der Waals surface area (Å²) in [7, 11) is 0. The summed E-state index contributed by atoms with van der Waals surface area (Å²) in [6.07, 6.45) is 0.960. The zero-order chi connectivity index (χ0) is 12.1. The Labute approximate surface area is 114 Å². The number of rotatable bonds is 5. The molecule has 0 radical (unpaired) electrons. The second-order valence-corrected chi connectivity index (χ2v) is 5.58. The van der Waals surface area contributed by atoms with Gasteiger partial charge in [0.15, 0.2) is 0 Å². The summed E-state index contributed by atoms with van der Waals surface area (Å²) in [6.45, 7) is 1.28. The van der Waals surface area contributed by atoms with E-state index in [1.54, 1.807) is 11.3 Å². The normalized spacial score (nSPS) is 10.6. The predicted molar refractivity (Wildman–Crippen MR) is 76.2 cm³/mol. The molecule has 1 heterocycles. The maximum atomic E-state index is 5.89. The van der Waals surface area contributed by atoms with E-state index < -0.39 is 0 Å². The number of hydrogen-bond donors (Lipinski definition) is 1. The second kappa shape index (κ2) is 6.19. The molecule has 0 aliphatic heterocycles. The Kier molecular flexibility index (Phi) is 4.59. The highest BCUT2D eigenvalue weighted by Gasteiger charge is 2.04. The summed E-state index contributed by atoms with van der Waals surface area (Å²) < 4.78 is 6.66. The van der Waals surface area contributed by atoms with Gasteiger partial charge in [-0.1, -0.05) is 28.1 Å². The smallest absolute Gasteiger partial charge is 0.0748 e. The van der Waals surface area contributed by atoms with Crippen LogP contribution in [0.15, 0.2) is 40.2 Å². The van der Waals surface area contributed by atoms with Gasteiger partial charge in [0, 0.05) is 27.0 Å². The van der Waals surface area contributed by atoms with Crippen LogP contribution >= 0.6 is 27.3 Å². The van der Waals surface area contributed by atoms with Gasteiger partial charge in [-0.3, -0.25) is 0 Å². The lowest BCUT2D eigenvalue weighted by atomic mass is 10.2. The van der Waals surface area contributed by atoms with Crippen LogP contribution in [0.25, 0.3) is 0 Å². The van der Waals surface area contributed by atoms with E-state index in [0.29, 0.717) is 6.61 Å². The molecule has 0 saturated heterocycles. The van der Waals surface area contributed by atoms with Gasteiger partial charge in [0.05, 0.1) is 13.2 Å². The SMILES string of the molecule is Nc1cccc(Br)c1COCCc1cccs1. The van der Waals surface area contributed by atoms with E-state index in [0.717, 1.165) is 28.8 Å². The van der Waals surface area contributed by atoms with Crippen molar-refractivity contribution in [3.8, 4) is 0 Å². The van der Waals surface area contributed by atoms with Crippen LogP contribution in [-0.2, 0) is 17.8 Å². The van der Waals surface area contributed by atoms with Crippen molar-refractivity contribution in [3.63, 3.8) is 0 Å². The van der Waals surface area contributed by atoms with Crippen LogP contribution in [0.4, 0.5) is 5.69 Å². The van der Waals surface area contributed by atoms with Gasteiger partial charge in [0.1, 0.15) is 0 Å². The van der Waals surface area contributed by atoms with Crippen molar-refractivity contribution in [2.24, 2.45) is 0 Å². The molecule has 0 aliphatic rings. The molecule has 4 heteroatoms. The lowest BCUT2D eigenvalue weighted by molar-refractivity contribution is 0.124. The summed E-state index contributed by atoms with van der Waals surface area (Å²) in [5.74, 6) is 0. The number of nitrogen functional groups attached to an aromatic ring is 1. The average Bonchev–Trinajstić information content (AvgIpc) is 2.80. The largest absolute Gasteiger partial charge is 0.398 e. The molecule has 0 amide bonds. The quantitative estimate of drug-likeness (QED) is 0.672. The van der Waals surface area contributed by atoms with Crippen molar-refractivity contribution in [1.82, 2.24) is 0 Å². The van der Waals surface area contributed by atoms with E-state index in [2.05, 4.69) is 33.4 Å². The third kappa shape index (κ3) is 3.56. The number of thiophene rings is 1. The van der Waals surface area contributed by atoms with Crippen molar-refractivity contribution in [3.05, 3.63) is 50.6 Å². The second-order valence-electron chi connectivity index (χ2n) is 3.69. The number of anilines is 1. The Hall–Kier alpha value is -0.840. The fraction of sp³-hybridized carbons (Fsp3) is 0.231. The number of ether oxygens (including phenoxy) is 1. The first-order chi connectivity index (χ1) is 8.27. The minimum atomic E-state index is 0.554. The van der Waals surface area contributed by atoms with Crippen molar-refractivity contribution in [2.45, 2.75) is 13.0 Å². The molecule has 0 spiro atoms. The van der Waals surface area contributed by atoms with Gasteiger partial charge in [-0.05, 0) is 23.6 Å². The maximum absolute atomic E-state index is 5.89. The molecule has 2 rings (SSSR count). The highest BCUT2D eigenvalue weighted by molar-refractivity contribution is 9.10. The first-order valence-electron chi connectivity index (χ1n) is 5.40. The van der Waals surface area contributed by atoms with Crippen molar-refractivity contribution < 1.29 is 4.74 Å². The van der Waals surface area contributed by atoms with E-state index in [9.17, 15) is 0 Å². The van der Waals surface area contributed by atoms with E-state index in [4.69, 9.17) is 10.5 Å². The summed E-state index contributed by atoms with van der Waals surface area (Å²) in [5, 5.41) is 2.08. The number of nitrogens with two attached hydrogens (primary N) is 1. The molecule has 0 fully saturated rings. The number of halogens is 1. The third-order valence-electron chi connectivity index (χ3n) is 2.47. The molecule has 0 unspecified atom stereocenters. The Balaban J connectivity index is 1.82. The first kappa shape index (κ1) is 12.6. The molecular formula is C13H14BrNOS. The van der Waals surface area contributed by atoms with E-state index in [1.807, 2.05) is 18.2 Å². The molecule has 0 atom stereocenters. The van der Waals surface area contributed by atoms with Gasteiger partial charge in [-0.15, -0.1) is 11.3 Å². The van der Waals surface area contributed by atoms with Gasteiger partial charge in [0.25, 0.3) is 0 Å². The van der Waals surface area contributed by atoms with Gasteiger partial charge >= 0.3 is 0 Å². The van der Waals surface area contributed by atoms with E-state index in [1.165, 1.54) is 4.88 Å². The zero-order valence-electron chi connectivity index (χ0n) is 9.36. The van der Waals surface area contributed by atoms with Gasteiger partial charge in [0.2, 0.25) is 0 Å². The molecule has 0 bridgehead atoms. The summed E-state index contributed by atoms with van der Waals surface area (Å²) in [4.78, 5) is 1.35. The lowest BCUT2D eigenvalue weighted by Crippen LogP contribution is -2.01. The molecule has 0 aliphatic carbocycles. The summed E-state index contributed by atoms with van der Waals surface area (Å²) in [6, 6.07) is 9.98. The van der Waals surface area contributed by atoms with Crippen molar-refractivity contribution in [1.29, 1.82) is 0 Å². The van der Waals surface area contributed by atoms with Crippen LogP contribution in [0.3, 0.4) is 0 Å². The van der Waals surface area contributed by atoms with Crippen LogP contribution in [-0.4, -0.2) is 6.61 Å².